The zero-order valence-corrected chi connectivity index (χ0v) is 21.6. The number of carbonyl (C=O) groups is 3. The molecule has 1 aliphatic rings. The molecule has 0 aromatic carbocycles. The molecule has 0 radical (unpaired) electrons. The van der Waals surface area contributed by atoms with Crippen molar-refractivity contribution in [2.24, 2.45) is 0 Å². The van der Waals surface area contributed by atoms with E-state index in [2.05, 4.69) is 4.74 Å². The van der Waals surface area contributed by atoms with Gasteiger partial charge in [-0.1, -0.05) is 12.1 Å². The van der Waals surface area contributed by atoms with Crippen LogP contribution in [-0.4, -0.2) is 46.8 Å². The zero-order chi connectivity index (χ0) is 12.7. The third-order valence-corrected chi connectivity index (χ3v) is 1.54. The number of hydrogen-bond donors (Lipinski definition) is 2. The van der Waals surface area contributed by atoms with Gasteiger partial charge in [0.05, 0.1) is 0 Å². The smallest absolute Gasteiger partial charge is 0.306 e. The van der Waals surface area contributed by atoms with Gasteiger partial charge >= 0.3 is 11.9 Å². The summed E-state index contributed by atoms with van der Waals surface area (Å²) in [5, 5.41) is 16.5. The van der Waals surface area contributed by atoms with E-state index in [4.69, 9.17) is 21.7 Å². The molecule has 1 heterocycles. The van der Waals surface area contributed by atoms with Crippen LogP contribution in [0.4, 0.5) is 0 Å². The number of hydrogen-bond acceptors (Lipinski definition) is 5. The Balaban J connectivity index is -0.0000000625. The first-order chi connectivity index (χ1) is 7.36. The number of cyclic esters (lactones) is 1. The molecule has 0 aromatic heterocycles. The van der Waals surface area contributed by atoms with Crippen LogP contribution in [0.3, 0.4) is 0 Å². The van der Waals surface area contributed by atoms with E-state index in [-0.39, 0.29) is 90.7 Å². The molecule has 0 amide bonds. The van der Waals surface area contributed by atoms with E-state index in [0.717, 1.165) is 0 Å². The monoisotopic (exact) mass is 968 g/mol. The number of carbonyl (C=O) groups excluding carboxylic acids is 2. The van der Waals surface area contributed by atoms with E-state index in [9.17, 15) is 14.4 Å². The quantitative estimate of drug-likeness (QED) is 0.295. The minimum absolute atomic E-state index is 0. The fourth-order valence-electron chi connectivity index (χ4n) is 0.782. The Hall–Kier alpha value is 1.24. The van der Waals surface area contributed by atoms with Crippen LogP contribution in [0.25, 0.3) is 11.5 Å². The predicted octanol–water partition coefficient (Wildman–Crippen LogP) is -0.257. The molecule has 4 N–H and O–H groups in total. The second-order valence-corrected chi connectivity index (χ2v) is 3.03. The Morgan fingerprint density at radius 2 is 1.85 bits per heavy atom. The maximum atomic E-state index is 10.2. The first-order valence-electron chi connectivity index (χ1n) is 4.33. The Morgan fingerprint density at radius 3 is 1.95 bits per heavy atom. The molecule has 3 unspecified atom stereocenters. The van der Waals surface area contributed by atoms with E-state index in [1.54, 1.807) is 0 Å². The summed E-state index contributed by atoms with van der Waals surface area (Å²) in [4.78, 5) is 29.4. The second-order valence-electron chi connectivity index (χ2n) is 3.03. The minimum Gasteiger partial charge on any atom is -0.669 e. The second kappa shape index (κ2) is 18.3. The van der Waals surface area contributed by atoms with Crippen molar-refractivity contribution >= 4 is 18.2 Å². The number of aliphatic hydroxyl groups excluding tert-OH is 1. The molecule has 1 saturated heterocycles. The number of carboxylic acid groups (broad SMARTS) is 1. The topological polar surface area (TPSA) is 148 Å². The summed E-state index contributed by atoms with van der Waals surface area (Å²) in [6.45, 7) is 0. The van der Waals surface area contributed by atoms with Crippen molar-refractivity contribution in [1.82, 2.24) is 0 Å². The van der Waals surface area contributed by atoms with Gasteiger partial charge in [0.25, 0.3) is 0 Å². The number of ether oxygens (including phenoxy) is 1. The summed E-state index contributed by atoms with van der Waals surface area (Å²) in [5.74, 6) is -1.60. The molecule has 0 aliphatic carbocycles. The summed E-state index contributed by atoms with van der Waals surface area (Å²) in [6, 6.07) is -1.88. The first kappa shape index (κ1) is 33.0. The molecule has 3 atom stereocenters. The molecule has 0 spiro atoms. The van der Waals surface area contributed by atoms with Crippen LogP contribution in [0.15, 0.2) is 0 Å². The molecule has 0 saturated carbocycles. The molecular formula is C8H12N2O6W4-2. The van der Waals surface area contributed by atoms with Crippen molar-refractivity contribution < 1.29 is 114 Å². The van der Waals surface area contributed by atoms with Crippen molar-refractivity contribution in [3.05, 3.63) is 11.5 Å². The van der Waals surface area contributed by atoms with Gasteiger partial charge in [-0.2, -0.15) is 0 Å². The molecule has 12 heteroatoms. The molecule has 0 aromatic rings. The van der Waals surface area contributed by atoms with Crippen molar-refractivity contribution in [3.8, 4) is 0 Å². The molecule has 20 heavy (non-hydrogen) atoms. The largest absolute Gasteiger partial charge is 0.669 e. The normalized spacial score (nSPS) is 20.1. The SMILES string of the molecule is [NH-]C(C=O)CC(=O)O.[NH-]C1CC(=O)OC1O.[W].[W].[W].[W]. The number of esters is 1. The third-order valence-electron chi connectivity index (χ3n) is 1.54. The van der Waals surface area contributed by atoms with Gasteiger partial charge in [0.1, 0.15) is 6.29 Å². The van der Waals surface area contributed by atoms with E-state index in [1.807, 2.05) is 0 Å². The maximum Gasteiger partial charge on any atom is 0.306 e. The van der Waals surface area contributed by atoms with Crippen LogP contribution in [-0.2, 0) is 103 Å². The Labute approximate surface area is 173 Å². The van der Waals surface area contributed by atoms with Crippen LogP contribution in [0.5, 0.6) is 0 Å². The molecular weight excluding hydrogens is 955 g/mol. The van der Waals surface area contributed by atoms with Crippen LogP contribution < -0.4 is 0 Å². The van der Waals surface area contributed by atoms with Crippen molar-refractivity contribution in [1.29, 1.82) is 0 Å². The summed E-state index contributed by atoms with van der Waals surface area (Å²) < 4.78 is 4.20. The van der Waals surface area contributed by atoms with Gasteiger partial charge in [-0.15, -0.1) is 0 Å². The third kappa shape index (κ3) is 17.3. The fraction of sp³-hybridized carbons (Fsp3) is 0.625. The van der Waals surface area contributed by atoms with Gasteiger partial charge < -0.3 is 31.2 Å². The predicted molar refractivity (Wildman–Crippen MR) is 51.3 cm³/mol. The molecule has 1 aliphatic heterocycles. The van der Waals surface area contributed by atoms with Crippen LogP contribution >= 0.6 is 0 Å². The molecule has 0 bridgehead atoms. The molecule has 116 valence electrons. The van der Waals surface area contributed by atoms with E-state index < -0.39 is 36.7 Å². The van der Waals surface area contributed by atoms with Gasteiger partial charge in [-0.3, -0.25) is 9.59 Å². The Kier molecular flexibility index (Phi) is 30.2. The zero-order valence-electron chi connectivity index (χ0n) is 9.88. The summed E-state index contributed by atoms with van der Waals surface area (Å²) in [5.41, 5.74) is 13.5. The average molecular weight is 968 g/mol. The Bertz CT molecular complexity index is 272. The van der Waals surface area contributed by atoms with E-state index in [1.165, 1.54) is 0 Å². The fourth-order valence-corrected chi connectivity index (χ4v) is 0.782. The maximum absolute atomic E-state index is 10.2. The van der Waals surface area contributed by atoms with Crippen molar-refractivity contribution in [2.75, 3.05) is 0 Å². The van der Waals surface area contributed by atoms with Crippen LogP contribution in [0.2, 0.25) is 0 Å². The number of nitrogens with one attached hydrogen (secondary N) is 2. The van der Waals surface area contributed by atoms with Gasteiger partial charge in [-0.25, -0.2) is 0 Å². The number of carboxylic acids is 1. The van der Waals surface area contributed by atoms with E-state index in [0.29, 0.717) is 6.29 Å². The minimum atomic E-state index is -1.19. The standard InChI is InChI=1S/2C4H6NO3.4W/c5-2-1-3(6)8-4(2)7;5-3(2-6)1-4(7)8;;;;/h2,4-5,7H,1H2;2-3,5H,1H2,(H,7,8);;;;/q2*-1;;;;. The van der Waals surface area contributed by atoms with Crippen molar-refractivity contribution in [2.45, 2.75) is 31.2 Å². The number of aldehydes is 1. The summed E-state index contributed by atoms with van der Waals surface area (Å²) >= 11 is 0. The number of rotatable bonds is 3. The van der Waals surface area contributed by atoms with Gasteiger partial charge in [-0.05, 0) is 0 Å². The molecule has 8 nitrogen and oxygen atoms in total. The summed E-state index contributed by atoms with van der Waals surface area (Å²) in [6.07, 6.45) is -1.28. The van der Waals surface area contributed by atoms with Gasteiger partial charge in [0.2, 0.25) is 0 Å². The Morgan fingerprint density at radius 1 is 1.40 bits per heavy atom. The van der Waals surface area contributed by atoms with Crippen LogP contribution in [0.1, 0.15) is 12.8 Å². The van der Waals surface area contributed by atoms with E-state index >= 15 is 0 Å². The molecule has 1 fully saturated rings. The van der Waals surface area contributed by atoms with Crippen LogP contribution in [0, 0.1) is 0 Å². The summed E-state index contributed by atoms with van der Waals surface area (Å²) in [7, 11) is 0. The average Bonchev–Trinajstić information content (AvgIpc) is 2.44. The molecule has 1 rings (SSSR count). The number of aliphatic carboxylic acids is 1. The van der Waals surface area contributed by atoms with Gasteiger partial charge in [0, 0.05) is 97.1 Å². The first-order valence-corrected chi connectivity index (χ1v) is 4.33. The van der Waals surface area contributed by atoms with Crippen molar-refractivity contribution in [3.63, 3.8) is 0 Å². The number of aliphatic hydroxyl groups is 1. The van der Waals surface area contributed by atoms with Gasteiger partial charge in [0.15, 0.2) is 6.29 Å².